The van der Waals surface area contributed by atoms with Crippen molar-refractivity contribution in [3.63, 3.8) is 0 Å². The van der Waals surface area contributed by atoms with Gasteiger partial charge in [-0.3, -0.25) is 0 Å². The van der Waals surface area contributed by atoms with Gasteiger partial charge in [-0.05, 0) is 26.0 Å². The van der Waals surface area contributed by atoms with Crippen molar-refractivity contribution in [1.82, 2.24) is 14.8 Å². The Labute approximate surface area is 113 Å². The van der Waals surface area contributed by atoms with Gasteiger partial charge >= 0.3 is 0 Å². The first-order valence-corrected chi connectivity index (χ1v) is 6.34. The summed E-state index contributed by atoms with van der Waals surface area (Å²) < 4.78 is 12.7. The van der Waals surface area contributed by atoms with E-state index in [-0.39, 0.29) is 6.10 Å². The topological polar surface area (TPSA) is 49.2 Å². The lowest BCUT2D eigenvalue weighted by Crippen LogP contribution is -2.06. The molecule has 1 heterocycles. The summed E-state index contributed by atoms with van der Waals surface area (Å²) >= 11 is 0. The zero-order valence-electron chi connectivity index (χ0n) is 11.5. The fourth-order valence-corrected chi connectivity index (χ4v) is 1.81. The fraction of sp³-hybridized carbons (Fsp3) is 0.429. The van der Waals surface area contributed by atoms with Gasteiger partial charge in [0.25, 0.3) is 0 Å². The lowest BCUT2D eigenvalue weighted by atomic mass is 10.2. The summed E-state index contributed by atoms with van der Waals surface area (Å²) in [6.07, 6.45) is 1.87. The van der Waals surface area contributed by atoms with Crippen LogP contribution >= 0.6 is 0 Å². The molecule has 0 spiro atoms. The standard InChI is InChI=1S/C14H19N3O2/c1-11(2)19-13-6-4-5-12(9-13)14-16-15-10-17(14)7-8-18-3/h4-6,9-11H,7-8H2,1-3H3. The maximum absolute atomic E-state index is 5.69. The van der Waals surface area contributed by atoms with Gasteiger partial charge in [0.2, 0.25) is 0 Å². The number of hydrogen-bond acceptors (Lipinski definition) is 4. The third-order valence-electron chi connectivity index (χ3n) is 2.62. The summed E-state index contributed by atoms with van der Waals surface area (Å²) in [5.41, 5.74) is 0.992. The van der Waals surface area contributed by atoms with Crippen LogP contribution in [0, 0.1) is 0 Å². The summed E-state index contributed by atoms with van der Waals surface area (Å²) in [7, 11) is 1.68. The first-order valence-electron chi connectivity index (χ1n) is 6.34. The monoisotopic (exact) mass is 261 g/mol. The highest BCUT2D eigenvalue weighted by atomic mass is 16.5. The van der Waals surface area contributed by atoms with Crippen LogP contribution < -0.4 is 4.74 Å². The molecule has 5 heteroatoms. The van der Waals surface area contributed by atoms with Crippen LogP contribution in [0.15, 0.2) is 30.6 Å². The van der Waals surface area contributed by atoms with E-state index in [0.717, 1.165) is 23.7 Å². The molecular weight excluding hydrogens is 242 g/mol. The molecule has 0 radical (unpaired) electrons. The normalized spacial score (nSPS) is 10.9. The quantitative estimate of drug-likeness (QED) is 0.801. The van der Waals surface area contributed by atoms with Gasteiger partial charge < -0.3 is 14.0 Å². The highest BCUT2D eigenvalue weighted by Gasteiger charge is 2.08. The Morgan fingerprint density at radius 3 is 2.89 bits per heavy atom. The fourth-order valence-electron chi connectivity index (χ4n) is 1.81. The molecule has 0 saturated carbocycles. The highest BCUT2D eigenvalue weighted by Crippen LogP contribution is 2.22. The number of methoxy groups -OCH3 is 1. The highest BCUT2D eigenvalue weighted by molar-refractivity contribution is 5.57. The van der Waals surface area contributed by atoms with Crippen LogP contribution in [0.3, 0.4) is 0 Å². The Morgan fingerprint density at radius 2 is 2.16 bits per heavy atom. The van der Waals surface area contributed by atoms with Crippen LogP contribution in [0.4, 0.5) is 0 Å². The first kappa shape index (κ1) is 13.5. The Kier molecular flexibility index (Phi) is 4.52. The lowest BCUT2D eigenvalue weighted by Gasteiger charge is -2.11. The van der Waals surface area contributed by atoms with Crippen molar-refractivity contribution in [2.75, 3.05) is 13.7 Å². The molecule has 0 aliphatic heterocycles. The molecule has 0 amide bonds. The average molecular weight is 261 g/mol. The van der Waals surface area contributed by atoms with Crippen molar-refractivity contribution in [3.8, 4) is 17.1 Å². The van der Waals surface area contributed by atoms with E-state index in [9.17, 15) is 0 Å². The van der Waals surface area contributed by atoms with Crippen molar-refractivity contribution in [2.45, 2.75) is 26.5 Å². The van der Waals surface area contributed by atoms with E-state index in [4.69, 9.17) is 9.47 Å². The van der Waals surface area contributed by atoms with E-state index >= 15 is 0 Å². The number of hydrogen-bond donors (Lipinski definition) is 0. The minimum Gasteiger partial charge on any atom is -0.491 e. The largest absolute Gasteiger partial charge is 0.491 e. The molecule has 102 valence electrons. The van der Waals surface area contributed by atoms with E-state index in [1.54, 1.807) is 13.4 Å². The Hall–Kier alpha value is -1.88. The molecule has 0 aliphatic carbocycles. The Balaban J connectivity index is 2.23. The lowest BCUT2D eigenvalue weighted by molar-refractivity contribution is 0.187. The van der Waals surface area contributed by atoms with Crippen LogP contribution in [-0.4, -0.2) is 34.6 Å². The van der Waals surface area contributed by atoms with Crippen LogP contribution in [0.25, 0.3) is 11.4 Å². The van der Waals surface area contributed by atoms with E-state index < -0.39 is 0 Å². The molecule has 0 N–H and O–H groups in total. The summed E-state index contributed by atoms with van der Waals surface area (Å²) in [5.74, 6) is 1.67. The summed E-state index contributed by atoms with van der Waals surface area (Å²) in [6.45, 7) is 5.38. The zero-order valence-corrected chi connectivity index (χ0v) is 11.5. The van der Waals surface area contributed by atoms with Crippen LogP contribution in [0.1, 0.15) is 13.8 Å². The smallest absolute Gasteiger partial charge is 0.163 e. The van der Waals surface area contributed by atoms with Crippen molar-refractivity contribution in [2.24, 2.45) is 0 Å². The second-order valence-corrected chi connectivity index (χ2v) is 4.54. The summed E-state index contributed by atoms with van der Waals surface area (Å²) in [5, 5.41) is 8.12. The van der Waals surface area contributed by atoms with Gasteiger partial charge in [0.1, 0.15) is 12.1 Å². The minimum atomic E-state index is 0.154. The van der Waals surface area contributed by atoms with Crippen LogP contribution in [-0.2, 0) is 11.3 Å². The Bertz CT molecular complexity index is 523. The average Bonchev–Trinajstić information content (AvgIpc) is 2.84. The molecule has 0 aliphatic rings. The van der Waals surface area contributed by atoms with Gasteiger partial charge in [-0.25, -0.2) is 0 Å². The van der Waals surface area contributed by atoms with Crippen molar-refractivity contribution >= 4 is 0 Å². The van der Waals surface area contributed by atoms with E-state index in [2.05, 4.69) is 10.2 Å². The molecule has 0 unspecified atom stereocenters. The Morgan fingerprint density at radius 1 is 1.32 bits per heavy atom. The van der Waals surface area contributed by atoms with Gasteiger partial charge in [0.15, 0.2) is 5.82 Å². The van der Waals surface area contributed by atoms with Crippen LogP contribution in [0.2, 0.25) is 0 Å². The number of nitrogens with zero attached hydrogens (tertiary/aromatic N) is 3. The molecular formula is C14H19N3O2. The SMILES string of the molecule is COCCn1cnnc1-c1cccc(OC(C)C)c1. The van der Waals surface area contributed by atoms with Gasteiger partial charge in [-0.2, -0.15) is 0 Å². The molecule has 1 aromatic carbocycles. The van der Waals surface area contributed by atoms with Crippen molar-refractivity contribution in [3.05, 3.63) is 30.6 Å². The molecule has 19 heavy (non-hydrogen) atoms. The summed E-state index contributed by atoms with van der Waals surface area (Å²) in [6, 6.07) is 7.88. The van der Waals surface area contributed by atoms with E-state index in [1.165, 1.54) is 0 Å². The number of rotatable bonds is 6. The molecule has 2 aromatic rings. The van der Waals surface area contributed by atoms with E-state index in [1.807, 2.05) is 42.7 Å². The number of ether oxygens (including phenoxy) is 2. The van der Waals surface area contributed by atoms with Crippen LogP contribution in [0.5, 0.6) is 5.75 Å². The van der Waals surface area contributed by atoms with Gasteiger partial charge in [-0.15, -0.1) is 10.2 Å². The second kappa shape index (κ2) is 6.33. The van der Waals surface area contributed by atoms with Gasteiger partial charge in [-0.1, -0.05) is 12.1 Å². The predicted molar refractivity (Wildman–Crippen MR) is 73.1 cm³/mol. The number of benzene rings is 1. The molecule has 0 fully saturated rings. The zero-order chi connectivity index (χ0) is 13.7. The maximum atomic E-state index is 5.69. The third-order valence-corrected chi connectivity index (χ3v) is 2.62. The predicted octanol–water partition coefficient (Wildman–Crippen LogP) is 2.38. The van der Waals surface area contributed by atoms with Crippen molar-refractivity contribution in [1.29, 1.82) is 0 Å². The molecule has 0 bridgehead atoms. The first-order chi connectivity index (χ1) is 9.20. The van der Waals surface area contributed by atoms with Gasteiger partial charge in [0.05, 0.1) is 12.7 Å². The van der Waals surface area contributed by atoms with Crippen molar-refractivity contribution < 1.29 is 9.47 Å². The molecule has 5 nitrogen and oxygen atoms in total. The molecule has 2 rings (SSSR count). The van der Waals surface area contributed by atoms with Gasteiger partial charge in [0, 0.05) is 19.2 Å². The molecule has 1 aromatic heterocycles. The molecule has 0 atom stereocenters. The molecule has 0 saturated heterocycles. The summed E-state index contributed by atoms with van der Waals surface area (Å²) in [4.78, 5) is 0. The van der Waals surface area contributed by atoms with E-state index in [0.29, 0.717) is 6.61 Å². The minimum absolute atomic E-state index is 0.154. The third kappa shape index (κ3) is 3.54. The number of aromatic nitrogens is 3. The maximum Gasteiger partial charge on any atom is 0.163 e. The second-order valence-electron chi connectivity index (χ2n) is 4.54.